The summed E-state index contributed by atoms with van der Waals surface area (Å²) < 4.78 is 15.4. The van der Waals surface area contributed by atoms with Crippen molar-refractivity contribution in [2.24, 2.45) is 0 Å². The van der Waals surface area contributed by atoms with Crippen molar-refractivity contribution in [3.63, 3.8) is 0 Å². The number of rotatable bonds is 1. The minimum absolute atomic E-state index is 0.0212. The lowest BCUT2D eigenvalue weighted by Crippen LogP contribution is -2.50. The maximum absolute atomic E-state index is 11.3. The zero-order valence-electron chi connectivity index (χ0n) is 8.49. The Hall–Kier alpha value is -0.610. The van der Waals surface area contributed by atoms with Gasteiger partial charge in [0.25, 0.3) is 5.79 Å². The van der Waals surface area contributed by atoms with E-state index in [1.165, 1.54) is 7.11 Å². The van der Waals surface area contributed by atoms with E-state index in [2.05, 4.69) is 4.74 Å². The monoisotopic (exact) mass is 188 g/mol. The molecule has 4 heteroatoms. The number of esters is 1. The van der Waals surface area contributed by atoms with E-state index in [1.807, 2.05) is 13.8 Å². The summed E-state index contributed by atoms with van der Waals surface area (Å²) in [5, 5.41) is 0. The summed E-state index contributed by atoms with van der Waals surface area (Å²) in [6, 6.07) is 0. The zero-order valence-corrected chi connectivity index (χ0v) is 8.49. The SMILES string of the molecule is COC(=O)C1(C)O[C@H](C)C[C@H](C)O1. The van der Waals surface area contributed by atoms with Crippen molar-refractivity contribution in [2.75, 3.05) is 7.11 Å². The Labute approximate surface area is 78.2 Å². The van der Waals surface area contributed by atoms with E-state index in [0.717, 1.165) is 6.42 Å². The van der Waals surface area contributed by atoms with Crippen molar-refractivity contribution in [1.29, 1.82) is 0 Å². The highest BCUT2D eigenvalue weighted by Gasteiger charge is 2.43. The van der Waals surface area contributed by atoms with Crippen LogP contribution < -0.4 is 0 Å². The first kappa shape index (κ1) is 10.5. The summed E-state index contributed by atoms with van der Waals surface area (Å²) in [5.41, 5.74) is 0. The largest absolute Gasteiger partial charge is 0.465 e. The lowest BCUT2D eigenvalue weighted by atomic mass is 10.1. The highest BCUT2D eigenvalue weighted by Crippen LogP contribution is 2.27. The third kappa shape index (κ3) is 2.19. The van der Waals surface area contributed by atoms with E-state index < -0.39 is 11.8 Å². The van der Waals surface area contributed by atoms with Crippen LogP contribution in [-0.2, 0) is 19.0 Å². The topological polar surface area (TPSA) is 44.8 Å². The van der Waals surface area contributed by atoms with Crippen molar-refractivity contribution in [2.45, 2.75) is 45.2 Å². The Morgan fingerprint density at radius 1 is 1.38 bits per heavy atom. The van der Waals surface area contributed by atoms with Gasteiger partial charge >= 0.3 is 5.97 Å². The minimum Gasteiger partial charge on any atom is -0.465 e. The fourth-order valence-electron chi connectivity index (χ4n) is 1.64. The van der Waals surface area contributed by atoms with Crippen LogP contribution in [0, 0.1) is 0 Å². The van der Waals surface area contributed by atoms with Gasteiger partial charge in [-0.05, 0) is 20.3 Å². The maximum Gasteiger partial charge on any atom is 0.366 e. The van der Waals surface area contributed by atoms with E-state index in [4.69, 9.17) is 9.47 Å². The summed E-state index contributed by atoms with van der Waals surface area (Å²) in [5.74, 6) is -1.71. The minimum atomic E-state index is -1.23. The van der Waals surface area contributed by atoms with Gasteiger partial charge in [0.15, 0.2) is 0 Å². The molecule has 0 amide bonds. The molecule has 1 fully saturated rings. The average molecular weight is 188 g/mol. The van der Waals surface area contributed by atoms with Gasteiger partial charge in [-0.3, -0.25) is 0 Å². The van der Waals surface area contributed by atoms with Gasteiger partial charge in [-0.15, -0.1) is 0 Å². The van der Waals surface area contributed by atoms with Crippen LogP contribution in [0.2, 0.25) is 0 Å². The summed E-state index contributed by atoms with van der Waals surface area (Å²) in [7, 11) is 1.32. The molecule has 1 heterocycles. The van der Waals surface area contributed by atoms with Gasteiger partial charge < -0.3 is 14.2 Å². The molecule has 4 nitrogen and oxygen atoms in total. The highest BCUT2D eigenvalue weighted by atomic mass is 16.7. The molecule has 0 bridgehead atoms. The summed E-state index contributed by atoms with van der Waals surface area (Å²) in [6.07, 6.45) is 0.841. The number of carbonyl (C=O) groups excluding carboxylic acids is 1. The predicted molar refractivity (Wildman–Crippen MR) is 46.1 cm³/mol. The highest BCUT2D eigenvalue weighted by molar-refractivity contribution is 5.77. The van der Waals surface area contributed by atoms with E-state index >= 15 is 0 Å². The molecule has 13 heavy (non-hydrogen) atoms. The molecule has 0 aromatic rings. The van der Waals surface area contributed by atoms with Crippen LogP contribution >= 0.6 is 0 Å². The molecular formula is C9H16O4. The Bertz CT molecular complexity index is 192. The molecule has 3 atom stereocenters. The smallest absolute Gasteiger partial charge is 0.366 e. The van der Waals surface area contributed by atoms with Gasteiger partial charge in [-0.1, -0.05) is 0 Å². The number of hydrogen-bond acceptors (Lipinski definition) is 4. The van der Waals surface area contributed by atoms with Crippen molar-refractivity contribution in [3.05, 3.63) is 0 Å². The fraction of sp³-hybridized carbons (Fsp3) is 0.889. The third-order valence-electron chi connectivity index (χ3n) is 2.07. The molecule has 0 aromatic heterocycles. The van der Waals surface area contributed by atoms with Gasteiger partial charge in [0.2, 0.25) is 0 Å². The molecule has 1 saturated heterocycles. The molecule has 0 aliphatic carbocycles. The first-order valence-corrected chi connectivity index (χ1v) is 4.42. The summed E-state index contributed by atoms with van der Waals surface area (Å²) in [6.45, 7) is 5.42. The van der Waals surface area contributed by atoms with Crippen molar-refractivity contribution in [3.8, 4) is 0 Å². The lowest BCUT2D eigenvalue weighted by molar-refractivity contribution is -0.296. The standard InChI is InChI=1S/C9H16O4/c1-6-5-7(2)13-9(3,12-6)8(10)11-4/h6-7H,5H2,1-4H3/t6-,7+,9?. The number of hydrogen-bond donors (Lipinski definition) is 0. The van der Waals surface area contributed by atoms with Crippen molar-refractivity contribution in [1.82, 2.24) is 0 Å². The Morgan fingerprint density at radius 3 is 2.23 bits per heavy atom. The average Bonchev–Trinajstić information content (AvgIpc) is 2.00. The third-order valence-corrected chi connectivity index (χ3v) is 2.07. The molecule has 0 N–H and O–H groups in total. The normalized spacial score (nSPS) is 40.0. The Balaban J connectivity index is 2.71. The summed E-state index contributed by atoms with van der Waals surface area (Å²) in [4.78, 5) is 11.3. The van der Waals surface area contributed by atoms with E-state index in [0.29, 0.717) is 0 Å². The first-order valence-electron chi connectivity index (χ1n) is 4.42. The van der Waals surface area contributed by atoms with Crippen LogP contribution in [0.15, 0.2) is 0 Å². The molecule has 0 aromatic carbocycles. The fourth-order valence-corrected chi connectivity index (χ4v) is 1.64. The lowest BCUT2D eigenvalue weighted by Gasteiger charge is -2.38. The van der Waals surface area contributed by atoms with Crippen LogP contribution in [0.1, 0.15) is 27.2 Å². The second-order valence-corrected chi connectivity index (χ2v) is 3.53. The molecule has 0 saturated carbocycles. The van der Waals surface area contributed by atoms with Gasteiger partial charge in [-0.2, -0.15) is 0 Å². The second kappa shape index (κ2) is 3.64. The molecule has 1 aliphatic rings. The van der Waals surface area contributed by atoms with E-state index in [-0.39, 0.29) is 12.2 Å². The molecule has 0 radical (unpaired) electrons. The Kier molecular flexibility index (Phi) is 2.93. The van der Waals surface area contributed by atoms with Crippen molar-refractivity contribution < 1.29 is 19.0 Å². The van der Waals surface area contributed by atoms with E-state index in [9.17, 15) is 4.79 Å². The number of methoxy groups -OCH3 is 1. The van der Waals surface area contributed by atoms with Gasteiger partial charge in [0, 0.05) is 6.92 Å². The summed E-state index contributed by atoms with van der Waals surface area (Å²) >= 11 is 0. The number of carbonyl (C=O) groups is 1. The van der Waals surface area contributed by atoms with Crippen LogP contribution in [0.5, 0.6) is 0 Å². The molecule has 76 valence electrons. The first-order chi connectivity index (χ1) is 5.98. The van der Waals surface area contributed by atoms with Crippen LogP contribution in [-0.4, -0.2) is 31.1 Å². The van der Waals surface area contributed by atoms with Crippen molar-refractivity contribution >= 4 is 5.97 Å². The van der Waals surface area contributed by atoms with Crippen LogP contribution in [0.4, 0.5) is 0 Å². The number of ether oxygens (including phenoxy) is 3. The van der Waals surface area contributed by atoms with Gasteiger partial charge in [-0.25, -0.2) is 4.79 Å². The Morgan fingerprint density at radius 2 is 1.85 bits per heavy atom. The molecule has 0 spiro atoms. The molecular weight excluding hydrogens is 172 g/mol. The van der Waals surface area contributed by atoms with Crippen LogP contribution in [0.3, 0.4) is 0 Å². The molecule has 1 unspecified atom stereocenters. The quantitative estimate of drug-likeness (QED) is 0.578. The van der Waals surface area contributed by atoms with Gasteiger partial charge in [0.1, 0.15) is 0 Å². The zero-order chi connectivity index (χ0) is 10.1. The maximum atomic E-state index is 11.3. The predicted octanol–water partition coefficient (Wildman–Crippen LogP) is 1.09. The second-order valence-electron chi connectivity index (χ2n) is 3.53. The van der Waals surface area contributed by atoms with E-state index in [1.54, 1.807) is 6.92 Å². The molecule has 1 rings (SSSR count). The van der Waals surface area contributed by atoms with Gasteiger partial charge in [0.05, 0.1) is 19.3 Å². The molecule has 1 aliphatic heterocycles. The van der Waals surface area contributed by atoms with Crippen LogP contribution in [0.25, 0.3) is 0 Å².